The van der Waals surface area contributed by atoms with Crippen molar-refractivity contribution in [2.75, 3.05) is 0 Å². The second-order valence-electron chi connectivity index (χ2n) is 4.29. The van der Waals surface area contributed by atoms with Gasteiger partial charge in [-0.3, -0.25) is 4.68 Å². The van der Waals surface area contributed by atoms with Gasteiger partial charge < -0.3 is 5.11 Å². The third-order valence-electron chi connectivity index (χ3n) is 2.83. The lowest BCUT2D eigenvalue weighted by molar-refractivity contribution is 0.175. The fraction of sp³-hybridized carbons (Fsp3) is 0.308. The molecule has 0 radical (unpaired) electrons. The predicted octanol–water partition coefficient (Wildman–Crippen LogP) is 2.91. The molecule has 2 rings (SSSR count). The van der Waals surface area contributed by atoms with E-state index in [-0.39, 0.29) is 5.82 Å². The van der Waals surface area contributed by atoms with Crippen LogP contribution in [0.1, 0.15) is 23.1 Å². The second kappa shape index (κ2) is 5.20. The van der Waals surface area contributed by atoms with Gasteiger partial charge in [0.25, 0.3) is 0 Å². The van der Waals surface area contributed by atoms with Gasteiger partial charge in [0, 0.05) is 19.2 Å². The van der Waals surface area contributed by atoms with Crippen molar-refractivity contribution in [3.8, 4) is 0 Å². The van der Waals surface area contributed by atoms with Gasteiger partial charge in [-0.2, -0.15) is 5.10 Å². The topological polar surface area (TPSA) is 38.0 Å². The summed E-state index contributed by atoms with van der Waals surface area (Å²) < 4.78 is 15.2. The van der Waals surface area contributed by atoms with Gasteiger partial charge in [-0.25, -0.2) is 4.39 Å². The van der Waals surface area contributed by atoms with Crippen molar-refractivity contribution in [3.63, 3.8) is 0 Å². The van der Waals surface area contributed by atoms with Gasteiger partial charge in [-0.05, 0) is 46.6 Å². The molecule has 1 N–H and O–H groups in total. The van der Waals surface area contributed by atoms with Crippen molar-refractivity contribution in [3.05, 3.63) is 51.5 Å². The standard InChI is InChI=1S/C13H14BrFN2O/c1-8-5-10(17(2)16-8)7-13(18)9-3-4-12(15)11(14)6-9/h3-6,13,18H,7H2,1-2H3. The zero-order valence-electron chi connectivity index (χ0n) is 10.2. The molecule has 0 aliphatic carbocycles. The first-order valence-corrected chi connectivity index (χ1v) is 6.39. The molecule has 0 saturated heterocycles. The van der Waals surface area contributed by atoms with E-state index in [1.807, 2.05) is 20.0 Å². The zero-order valence-corrected chi connectivity index (χ0v) is 11.8. The summed E-state index contributed by atoms with van der Waals surface area (Å²) in [6, 6.07) is 6.47. The summed E-state index contributed by atoms with van der Waals surface area (Å²) in [5, 5.41) is 14.4. The minimum atomic E-state index is -0.670. The summed E-state index contributed by atoms with van der Waals surface area (Å²) in [6.07, 6.45) is -0.216. The maximum atomic E-state index is 13.1. The fourth-order valence-corrected chi connectivity index (χ4v) is 2.29. The number of benzene rings is 1. The lowest BCUT2D eigenvalue weighted by atomic mass is 10.0. The summed E-state index contributed by atoms with van der Waals surface area (Å²) in [5.41, 5.74) is 2.54. The molecule has 0 aliphatic rings. The summed E-state index contributed by atoms with van der Waals surface area (Å²) in [6.45, 7) is 1.91. The van der Waals surface area contributed by atoms with Crippen LogP contribution in [0.25, 0.3) is 0 Å². The van der Waals surface area contributed by atoms with Crippen molar-refractivity contribution in [1.82, 2.24) is 9.78 Å². The molecule has 0 amide bonds. The summed E-state index contributed by atoms with van der Waals surface area (Å²) in [7, 11) is 1.84. The lowest BCUT2D eigenvalue weighted by Crippen LogP contribution is -2.06. The molecule has 96 valence electrons. The first kappa shape index (κ1) is 13.2. The number of nitrogens with zero attached hydrogens (tertiary/aromatic N) is 2. The first-order chi connectivity index (χ1) is 8.47. The Morgan fingerprint density at radius 1 is 1.44 bits per heavy atom. The minimum Gasteiger partial charge on any atom is -0.388 e. The Bertz CT molecular complexity index is 568. The number of halogens is 2. The number of rotatable bonds is 3. The fourth-order valence-electron chi connectivity index (χ4n) is 1.89. The van der Waals surface area contributed by atoms with Crippen molar-refractivity contribution in [2.24, 2.45) is 7.05 Å². The van der Waals surface area contributed by atoms with Crippen LogP contribution in [0.3, 0.4) is 0 Å². The number of aliphatic hydroxyl groups excluding tert-OH is 1. The number of aliphatic hydroxyl groups is 1. The lowest BCUT2D eigenvalue weighted by Gasteiger charge is -2.11. The summed E-state index contributed by atoms with van der Waals surface area (Å²) >= 11 is 3.11. The maximum Gasteiger partial charge on any atom is 0.137 e. The van der Waals surface area contributed by atoms with Crippen LogP contribution >= 0.6 is 15.9 Å². The van der Waals surface area contributed by atoms with Crippen LogP contribution in [0.2, 0.25) is 0 Å². The average Bonchev–Trinajstić information content (AvgIpc) is 2.61. The molecule has 1 unspecified atom stereocenters. The van der Waals surface area contributed by atoms with Crippen LogP contribution in [0.15, 0.2) is 28.7 Å². The smallest absolute Gasteiger partial charge is 0.137 e. The molecule has 0 saturated carbocycles. The molecule has 1 aromatic heterocycles. The van der Waals surface area contributed by atoms with E-state index in [1.165, 1.54) is 6.07 Å². The quantitative estimate of drug-likeness (QED) is 0.946. The van der Waals surface area contributed by atoms with Crippen LogP contribution in [-0.2, 0) is 13.5 Å². The van der Waals surface area contributed by atoms with Crippen LogP contribution in [-0.4, -0.2) is 14.9 Å². The normalized spacial score (nSPS) is 12.7. The Hall–Kier alpha value is -1.20. The van der Waals surface area contributed by atoms with Crippen molar-refractivity contribution < 1.29 is 9.50 Å². The molecule has 1 heterocycles. The predicted molar refractivity (Wildman–Crippen MR) is 70.7 cm³/mol. The Labute approximate surface area is 113 Å². The molecular formula is C13H14BrFN2O. The Kier molecular flexibility index (Phi) is 3.82. The van der Waals surface area contributed by atoms with E-state index in [0.29, 0.717) is 16.5 Å². The van der Waals surface area contributed by atoms with Gasteiger partial charge in [0.05, 0.1) is 16.3 Å². The SMILES string of the molecule is Cc1cc(CC(O)c2ccc(F)c(Br)c2)n(C)n1. The molecule has 2 aromatic rings. The van der Waals surface area contributed by atoms with E-state index >= 15 is 0 Å². The molecule has 0 bridgehead atoms. The second-order valence-corrected chi connectivity index (χ2v) is 5.15. The molecule has 1 atom stereocenters. The third kappa shape index (κ3) is 2.79. The van der Waals surface area contributed by atoms with Gasteiger partial charge >= 0.3 is 0 Å². The highest BCUT2D eigenvalue weighted by molar-refractivity contribution is 9.10. The Morgan fingerprint density at radius 3 is 2.72 bits per heavy atom. The van der Waals surface area contributed by atoms with E-state index in [0.717, 1.165) is 11.4 Å². The van der Waals surface area contributed by atoms with Crippen LogP contribution in [0.4, 0.5) is 4.39 Å². The van der Waals surface area contributed by atoms with Gasteiger partial charge in [0.1, 0.15) is 5.82 Å². The molecule has 1 aromatic carbocycles. The molecule has 0 fully saturated rings. The molecule has 18 heavy (non-hydrogen) atoms. The minimum absolute atomic E-state index is 0.331. The molecule has 0 aliphatic heterocycles. The van der Waals surface area contributed by atoms with E-state index < -0.39 is 6.10 Å². The van der Waals surface area contributed by atoms with Gasteiger partial charge in [0.2, 0.25) is 0 Å². The highest BCUT2D eigenvalue weighted by Gasteiger charge is 2.13. The summed E-state index contributed by atoms with van der Waals surface area (Å²) in [4.78, 5) is 0. The largest absolute Gasteiger partial charge is 0.388 e. The number of aromatic nitrogens is 2. The molecular weight excluding hydrogens is 299 g/mol. The molecule has 0 spiro atoms. The molecule has 5 heteroatoms. The average molecular weight is 313 g/mol. The van der Waals surface area contributed by atoms with Gasteiger partial charge in [-0.1, -0.05) is 6.07 Å². The van der Waals surface area contributed by atoms with E-state index in [2.05, 4.69) is 21.0 Å². The highest BCUT2D eigenvalue weighted by Crippen LogP contribution is 2.23. The number of hydrogen-bond donors (Lipinski definition) is 1. The number of aryl methyl sites for hydroxylation is 2. The van der Waals surface area contributed by atoms with Crippen molar-refractivity contribution in [1.29, 1.82) is 0 Å². The van der Waals surface area contributed by atoms with Crippen LogP contribution in [0, 0.1) is 12.7 Å². The highest BCUT2D eigenvalue weighted by atomic mass is 79.9. The van der Waals surface area contributed by atoms with E-state index in [9.17, 15) is 9.50 Å². The zero-order chi connectivity index (χ0) is 13.3. The van der Waals surface area contributed by atoms with Crippen LogP contribution < -0.4 is 0 Å². The number of hydrogen-bond acceptors (Lipinski definition) is 2. The van der Waals surface area contributed by atoms with E-state index in [4.69, 9.17) is 0 Å². The maximum absolute atomic E-state index is 13.1. The van der Waals surface area contributed by atoms with Gasteiger partial charge in [0.15, 0.2) is 0 Å². The van der Waals surface area contributed by atoms with Crippen molar-refractivity contribution >= 4 is 15.9 Å². The van der Waals surface area contributed by atoms with Gasteiger partial charge in [-0.15, -0.1) is 0 Å². The Morgan fingerprint density at radius 2 is 2.17 bits per heavy atom. The third-order valence-corrected chi connectivity index (χ3v) is 3.44. The Balaban J connectivity index is 2.19. The van der Waals surface area contributed by atoms with Crippen LogP contribution in [0.5, 0.6) is 0 Å². The first-order valence-electron chi connectivity index (χ1n) is 5.60. The summed E-state index contributed by atoms with van der Waals surface area (Å²) in [5.74, 6) is -0.331. The monoisotopic (exact) mass is 312 g/mol. The molecule has 3 nitrogen and oxygen atoms in total. The van der Waals surface area contributed by atoms with Crippen molar-refractivity contribution in [2.45, 2.75) is 19.4 Å². The van der Waals surface area contributed by atoms with E-state index in [1.54, 1.807) is 16.8 Å².